The van der Waals surface area contributed by atoms with Gasteiger partial charge in [0.05, 0.1) is 10.0 Å². The average molecular weight is 315 g/mol. The molecule has 0 unspecified atom stereocenters. The van der Waals surface area contributed by atoms with Crippen molar-refractivity contribution in [2.24, 2.45) is 0 Å². The third-order valence-electron chi connectivity index (χ3n) is 2.95. The summed E-state index contributed by atoms with van der Waals surface area (Å²) >= 11 is 17.9. The first-order valence-corrected chi connectivity index (χ1v) is 7.12. The smallest absolute Gasteiger partial charge is 0.0595 e. The van der Waals surface area contributed by atoms with Gasteiger partial charge in [0.25, 0.3) is 0 Å². The van der Waals surface area contributed by atoms with Crippen molar-refractivity contribution >= 4 is 34.8 Å². The third kappa shape index (κ3) is 4.12. The minimum Gasteiger partial charge on any atom is -0.306 e. The molecule has 0 saturated heterocycles. The van der Waals surface area contributed by atoms with Crippen molar-refractivity contribution in [3.8, 4) is 0 Å². The van der Waals surface area contributed by atoms with E-state index in [1.807, 2.05) is 36.4 Å². The van der Waals surface area contributed by atoms with E-state index in [2.05, 4.69) is 18.3 Å². The molecule has 0 bridgehead atoms. The molecule has 2 aromatic rings. The highest BCUT2D eigenvalue weighted by atomic mass is 35.5. The standard InChI is InChI=1S/C15H14Cl3N/c1-10(12-3-2-4-13(16)8-12)19-9-11-5-6-14(17)15(18)7-11/h2-8,10,19H,9H2,1H3/t10-/m1/s1. The molecule has 2 aromatic carbocycles. The Labute approximate surface area is 128 Å². The van der Waals surface area contributed by atoms with E-state index in [0.717, 1.165) is 22.7 Å². The summed E-state index contributed by atoms with van der Waals surface area (Å²) in [5.41, 5.74) is 2.26. The molecule has 1 atom stereocenters. The fraction of sp³-hybridized carbons (Fsp3) is 0.200. The van der Waals surface area contributed by atoms with Gasteiger partial charge in [-0.15, -0.1) is 0 Å². The molecular formula is C15H14Cl3N. The Morgan fingerprint density at radius 3 is 2.47 bits per heavy atom. The Hall–Kier alpha value is -0.730. The van der Waals surface area contributed by atoms with Gasteiger partial charge in [0.1, 0.15) is 0 Å². The first-order chi connectivity index (χ1) is 9.06. The van der Waals surface area contributed by atoms with E-state index in [0.29, 0.717) is 10.0 Å². The summed E-state index contributed by atoms with van der Waals surface area (Å²) in [6.07, 6.45) is 0. The number of halogens is 3. The normalized spacial score (nSPS) is 12.4. The maximum Gasteiger partial charge on any atom is 0.0595 e. The molecule has 1 nitrogen and oxygen atoms in total. The second-order valence-corrected chi connectivity index (χ2v) is 5.66. The minimum atomic E-state index is 0.216. The summed E-state index contributed by atoms with van der Waals surface area (Å²) in [7, 11) is 0. The fourth-order valence-corrected chi connectivity index (χ4v) is 2.33. The molecular weight excluding hydrogens is 301 g/mol. The first kappa shape index (κ1) is 14.7. The molecule has 2 rings (SSSR count). The maximum absolute atomic E-state index is 5.99. The Kier molecular flexibility index (Phi) is 5.12. The van der Waals surface area contributed by atoms with Crippen molar-refractivity contribution in [3.05, 3.63) is 68.7 Å². The van der Waals surface area contributed by atoms with Crippen LogP contribution in [0.3, 0.4) is 0 Å². The molecule has 4 heteroatoms. The highest BCUT2D eigenvalue weighted by molar-refractivity contribution is 6.42. The van der Waals surface area contributed by atoms with Crippen LogP contribution in [0.4, 0.5) is 0 Å². The Morgan fingerprint density at radius 2 is 1.79 bits per heavy atom. The van der Waals surface area contributed by atoms with E-state index in [1.165, 1.54) is 0 Å². The zero-order chi connectivity index (χ0) is 13.8. The van der Waals surface area contributed by atoms with Crippen molar-refractivity contribution in [3.63, 3.8) is 0 Å². The van der Waals surface area contributed by atoms with Gasteiger partial charge in [0.2, 0.25) is 0 Å². The van der Waals surface area contributed by atoms with Crippen LogP contribution in [0.25, 0.3) is 0 Å². The van der Waals surface area contributed by atoms with Crippen molar-refractivity contribution in [1.82, 2.24) is 5.32 Å². The number of benzene rings is 2. The second kappa shape index (κ2) is 6.62. The molecule has 0 aliphatic heterocycles. The highest BCUT2D eigenvalue weighted by Gasteiger charge is 2.06. The van der Waals surface area contributed by atoms with Crippen molar-refractivity contribution < 1.29 is 0 Å². The van der Waals surface area contributed by atoms with Gasteiger partial charge in [-0.2, -0.15) is 0 Å². The number of rotatable bonds is 4. The van der Waals surface area contributed by atoms with Gasteiger partial charge in [0, 0.05) is 17.6 Å². The monoisotopic (exact) mass is 313 g/mol. The van der Waals surface area contributed by atoms with Crippen LogP contribution in [0, 0.1) is 0 Å². The molecule has 0 aliphatic carbocycles. The first-order valence-electron chi connectivity index (χ1n) is 5.99. The summed E-state index contributed by atoms with van der Waals surface area (Å²) in [5, 5.41) is 5.34. The molecule has 0 fully saturated rings. The lowest BCUT2D eigenvalue weighted by Crippen LogP contribution is -2.18. The van der Waals surface area contributed by atoms with E-state index in [1.54, 1.807) is 0 Å². The third-order valence-corrected chi connectivity index (χ3v) is 3.92. The molecule has 1 N–H and O–H groups in total. The average Bonchev–Trinajstić information content (AvgIpc) is 2.40. The summed E-state index contributed by atoms with van der Waals surface area (Å²) in [6, 6.07) is 13.7. The van der Waals surface area contributed by atoms with Crippen LogP contribution in [0.5, 0.6) is 0 Å². The number of hydrogen-bond acceptors (Lipinski definition) is 1. The zero-order valence-electron chi connectivity index (χ0n) is 10.5. The lowest BCUT2D eigenvalue weighted by molar-refractivity contribution is 0.575. The van der Waals surface area contributed by atoms with Gasteiger partial charge in [-0.05, 0) is 42.3 Å². The van der Waals surface area contributed by atoms with E-state index in [-0.39, 0.29) is 6.04 Å². The van der Waals surface area contributed by atoms with Crippen LogP contribution >= 0.6 is 34.8 Å². The highest BCUT2D eigenvalue weighted by Crippen LogP contribution is 2.23. The lowest BCUT2D eigenvalue weighted by atomic mass is 10.1. The van der Waals surface area contributed by atoms with Crippen LogP contribution in [-0.4, -0.2) is 0 Å². The van der Waals surface area contributed by atoms with E-state index >= 15 is 0 Å². The zero-order valence-corrected chi connectivity index (χ0v) is 12.7. The van der Waals surface area contributed by atoms with E-state index in [4.69, 9.17) is 34.8 Å². The van der Waals surface area contributed by atoms with Gasteiger partial charge in [-0.25, -0.2) is 0 Å². The molecule has 0 saturated carbocycles. The Morgan fingerprint density at radius 1 is 1.00 bits per heavy atom. The molecule has 0 amide bonds. The molecule has 0 aromatic heterocycles. The largest absolute Gasteiger partial charge is 0.306 e. The summed E-state index contributed by atoms with van der Waals surface area (Å²) < 4.78 is 0. The molecule has 100 valence electrons. The molecule has 0 heterocycles. The predicted molar refractivity (Wildman–Crippen MR) is 83.2 cm³/mol. The van der Waals surface area contributed by atoms with E-state index < -0.39 is 0 Å². The van der Waals surface area contributed by atoms with Crippen molar-refractivity contribution in [2.75, 3.05) is 0 Å². The van der Waals surface area contributed by atoms with Crippen LogP contribution in [0.15, 0.2) is 42.5 Å². The maximum atomic E-state index is 5.99. The molecule has 19 heavy (non-hydrogen) atoms. The molecule has 0 spiro atoms. The second-order valence-electron chi connectivity index (χ2n) is 4.41. The predicted octanol–water partition coefficient (Wildman–Crippen LogP) is 5.50. The fourth-order valence-electron chi connectivity index (χ4n) is 1.81. The van der Waals surface area contributed by atoms with Gasteiger partial charge in [0.15, 0.2) is 0 Å². The topological polar surface area (TPSA) is 12.0 Å². The quantitative estimate of drug-likeness (QED) is 0.786. The van der Waals surface area contributed by atoms with E-state index in [9.17, 15) is 0 Å². The van der Waals surface area contributed by atoms with Crippen molar-refractivity contribution in [1.29, 1.82) is 0 Å². The van der Waals surface area contributed by atoms with Crippen LogP contribution < -0.4 is 5.32 Å². The lowest BCUT2D eigenvalue weighted by Gasteiger charge is -2.15. The summed E-state index contributed by atoms with van der Waals surface area (Å²) in [6.45, 7) is 2.83. The van der Waals surface area contributed by atoms with Crippen molar-refractivity contribution in [2.45, 2.75) is 19.5 Å². The summed E-state index contributed by atoms with van der Waals surface area (Å²) in [4.78, 5) is 0. The van der Waals surface area contributed by atoms with Gasteiger partial charge >= 0.3 is 0 Å². The van der Waals surface area contributed by atoms with Crippen LogP contribution in [0.1, 0.15) is 24.1 Å². The van der Waals surface area contributed by atoms with Crippen LogP contribution in [-0.2, 0) is 6.54 Å². The Balaban J connectivity index is 2.00. The number of hydrogen-bond donors (Lipinski definition) is 1. The van der Waals surface area contributed by atoms with Gasteiger partial charge < -0.3 is 5.32 Å². The molecule has 0 aliphatic rings. The SMILES string of the molecule is C[C@@H](NCc1ccc(Cl)c(Cl)c1)c1cccc(Cl)c1. The number of nitrogens with one attached hydrogen (secondary N) is 1. The van der Waals surface area contributed by atoms with Gasteiger partial charge in [-0.3, -0.25) is 0 Å². The van der Waals surface area contributed by atoms with Gasteiger partial charge in [-0.1, -0.05) is 53.0 Å². The minimum absolute atomic E-state index is 0.216. The summed E-state index contributed by atoms with van der Waals surface area (Å²) in [5.74, 6) is 0. The Bertz CT molecular complexity index is 569. The molecule has 0 radical (unpaired) electrons. The van der Waals surface area contributed by atoms with Crippen LogP contribution in [0.2, 0.25) is 15.1 Å².